The Morgan fingerprint density at radius 2 is 1.81 bits per heavy atom. The molecular weight excluding hydrogens is 312 g/mol. The first-order chi connectivity index (χ1) is 9.61. The molecule has 0 spiro atoms. The van der Waals surface area contributed by atoms with E-state index in [4.69, 9.17) is 5.73 Å². The van der Waals surface area contributed by atoms with Crippen LogP contribution in [0.5, 0.6) is 0 Å². The van der Waals surface area contributed by atoms with Crippen LogP contribution < -0.4 is 5.73 Å². The minimum Gasteiger partial charge on any atom is -0.326 e. The number of sulfone groups is 1. The highest BCUT2D eigenvalue weighted by atomic mass is 32.2. The predicted octanol–water partition coefficient (Wildman–Crippen LogP) is 0.373. The zero-order valence-corrected chi connectivity index (χ0v) is 14.2. The number of hydrogen-bond acceptors (Lipinski definition) is 5. The maximum absolute atomic E-state index is 12.6. The van der Waals surface area contributed by atoms with Gasteiger partial charge in [0.2, 0.25) is 10.0 Å². The Hall–Kier alpha value is -0.960. The molecule has 0 saturated heterocycles. The summed E-state index contributed by atoms with van der Waals surface area (Å²) in [5, 5.41) is 0. The Morgan fingerprint density at radius 3 is 2.29 bits per heavy atom. The van der Waals surface area contributed by atoms with Crippen LogP contribution in [-0.4, -0.2) is 46.7 Å². The van der Waals surface area contributed by atoms with Crippen LogP contribution in [0.2, 0.25) is 0 Å². The molecule has 0 aliphatic heterocycles. The summed E-state index contributed by atoms with van der Waals surface area (Å²) in [6.45, 7) is 2.05. The molecule has 0 fully saturated rings. The van der Waals surface area contributed by atoms with E-state index in [0.717, 1.165) is 16.1 Å². The average molecular weight is 334 g/mol. The first-order valence-corrected chi connectivity index (χ1v) is 10.1. The lowest BCUT2D eigenvalue weighted by Gasteiger charge is -2.19. The fraction of sp³-hybridized carbons (Fsp3) is 0.538. The van der Waals surface area contributed by atoms with Crippen molar-refractivity contribution in [3.8, 4) is 0 Å². The third-order valence-corrected chi connectivity index (χ3v) is 6.08. The highest BCUT2D eigenvalue weighted by Crippen LogP contribution is 2.21. The van der Waals surface area contributed by atoms with Gasteiger partial charge in [0.1, 0.15) is 9.84 Å². The molecule has 1 aromatic rings. The van der Waals surface area contributed by atoms with Gasteiger partial charge in [-0.1, -0.05) is 19.1 Å². The normalized spacial score (nSPS) is 12.8. The maximum Gasteiger partial charge on any atom is 0.243 e. The summed E-state index contributed by atoms with van der Waals surface area (Å²) in [6.07, 6.45) is 1.65. The second-order valence-electron chi connectivity index (χ2n) is 4.96. The number of benzene rings is 1. The lowest BCUT2D eigenvalue weighted by Crippen LogP contribution is -2.32. The number of aryl methyl sites for hydroxylation is 1. The fourth-order valence-electron chi connectivity index (χ4n) is 1.84. The van der Waals surface area contributed by atoms with Crippen LogP contribution in [0.4, 0.5) is 0 Å². The number of nitrogens with zero attached hydrogens (tertiary/aromatic N) is 1. The number of rotatable bonds is 7. The highest BCUT2D eigenvalue weighted by molar-refractivity contribution is 7.91. The molecule has 0 saturated carbocycles. The van der Waals surface area contributed by atoms with Crippen LogP contribution >= 0.6 is 0 Å². The fourth-order valence-corrected chi connectivity index (χ4v) is 4.07. The van der Waals surface area contributed by atoms with E-state index in [9.17, 15) is 16.8 Å². The number of sulfonamides is 1. The van der Waals surface area contributed by atoms with Crippen molar-refractivity contribution >= 4 is 19.9 Å². The van der Waals surface area contributed by atoms with Gasteiger partial charge in [0.05, 0.1) is 10.6 Å². The molecule has 8 heteroatoms. The van der Waals surface area contributed by atoms with Gasteiger partial charge in [-0.25, -0.2) is 16.8 Å². The molecule has 0 bridgehead atoms. The molecule has 0 aliphatic rings. The van der Waals surface area contributed by atoms with Gasteiger partial charge in [-0.3, -0.25) is 0 Å². The van der Waals surface area contributed by atoms with E-state index < -0.39 is 19.9 Å². The van der Waals surface area contributed by atoms with Gasteiger partial charge < -0.3 is 5.73 Å². The third-order valence-electron chi connectivity index (χ3n) is 3.21. The summed E-state index contributed by atoms with van der Waals surface area (Å²) in [6, 6.07) is 5.11. The van der Waals surface area contributed by atoms with E-state index in [1.807, 2.05) is 6.92 Å². The van der Waals surface area contributed by atoms with Gasteiger partial charge >= 0.3 is 0 Å². The molecule has 0 atom stereocenters. The highest BCUT2D eigenvalue weighted by Gasteiger charge is 2.24. The van der Waals surface area contributed by atoms with Crippen LogP contribution in [0.1, 0.15) is 18.1 Å². The summed E-state index contributed by atoms with van der Waals surface area (Å²) in [4.78, 5) is 0.198. The molecule has 120 valence electrons. The first kappa shape index (κ1) is 18.1. The summed E-state index contributed by atoms with van der Waals surface area (Å²) in [5.41, 5.74) is 6.97. The van der Waals surface area contributed by atoms with Crippen molar-refractivity contribution < 1.29 is 16.8 Å². The van der Waals surface area contributed by atoms with Crippen molar-refractivity contribution in [1.82, 2.24) is 4.31 Å². The first-order valence-electron chi connectivity index (χ1n) is 6.57. The molecule has 6 nitrogen and oxygen atoms in total. The van der Waals surface area contributed by atoms with Crippen molar-refractivity contribution in [2.24, 2.45) is 5.73 Å². The van der Waals surface area contributed by atoms with Crippen molar-refractivity contribution in [2.75, 3.05) is 25.6 Å². The Morgan fingerprint density at radius 1 is 1.19 bits per heavy atom. The molecule has 1 aromatic carbocycles. The van der Waals surface area contributed by atoms with Crippen molar-refractivity contribution in [1.29, 1.82) is 0 Å². The quantitative estimate of drug-likeness (QED) is 0.777. The van der Waals surface area contributed by atoms with Gasteiger partial charge in [-0.15, -0.1) is 0 Å². The van der Waals surface area contributed by atoms with E-state index >= 15 is 0 Å². The van der Waals surface area contributed by atoms with Crippen LogP contribution in [0.25, 0.3) is 0 Å². The molecule has 0 heterocycles. The van der Waals surface area contributed by atoms with Gasteiger partial charge in [0.25, 0.3) is 0 Å². The van der Waals surface area contributed by atoms with Crippen LogP contribution in [0, 0.1) is 0 Å². The molecule has 0 aromatic heterocycles. The van der Waals surface area contributed by atoms with E-state index in [1.54, 1.807) is 18.2 Å². The van der Waals surface area contributed by atoms with Crippen LogP contribution in [-0.2, 0) is 32.8 Å². The van der Waals surface area contributed by atoms with Crippen molar-refractivity contribution in [3.05, 3.63) is 29.3 Å². The second kappa shape index (κ2) is 6.87. The Labute approximate surface area is 126 Å². The van der Waals surface area contributed by atoms with Gasteiger partial charge in [-0.2, -0.15) is 4.31 Å². The zero-order valence-electron chi connectivity index (χ0n) is 12.5. The van der Waals surface area contributed by atoms with Crippen LogP contribution in [0.3, 0.4) is 0 Å². The van der Waals surface area contributed by atoms with Crippen molar-refractivity contribution in [3.63, 3.8) is 0 Å². The average Bonchev–Trinajstić information content (AvgIpc) is 2.42. The van der Waals surface area contributed by atoms with E-state index in [2.05, 4.69) is 0 Å². The maximum atomic E-state index is 12.6. The Bertz CT molecular complexity index is 697. The lowest BCUT2D eigenvalue weighted by atomic mass is 10.1. The van der Waals surface area contributed by atoms with E-state index in [-0.39, 0.29) is 23.7 Å². The lowest BCUT2D eigenvalue weighted by molar-refractivity contribution is 0.484. The number of hydrogen-bond donors (Lipinski definition) is 1. The monoisotopic (exact) mass is 334 g/mol. The second-order valence-corrected chi connectivity index (χ2v) is 9.23. The minimum atomic E-state index is -3.72. The molecule has 2 N–H and O–H groups in total. The van der Waals surface area contributed by atoms with Gasteiger partial charge in [-0.05, 0) is 23.6 Å². The SMILES string of the molecule is CCc1ccc(CN)cc1S(=O)(=O)N(C)CCS(C)(=O)=O. The molecular formula is C13H22N2O4S2. The Kier molecular flexibility index (Phi) is 5.92. The van der Waals surface area contributed by atoms with Gasteiger partial charge in [0.15, 0.2) is 0 Å². The molecule has 0 unspecified atom stereocenters. The molecule has 0 aliphatic carbocycles. The largest absolute Gasteiger partial charge is 0.326 e. The number of nitrogens with two attached hydrogens (primary N) is 1. The zero-order chi connectivity index (χ0) is 16.3. The minimum absolute atomic E-state index is 0.0722. The third kappa shape index (κ3) is 4.77. The molecule has 0 amide bonds. The Balaban J connectivity index is 3.17. The standard InChI is InChI=1S/C13H22N2O4S2/c1-4-12-6-5-11(10-14)9-13(12)21(18,19)15(2)7-8-20(3,16)17/h5-6,9H,4,7-8,10,14H2,1-3H3. The van der Waals surface area contributed by atoms with E-state index in [0.29, 0.717) is 12.0 Å². The molecule has 1 rings (SSSR count). The van der Waals surface area contributed by atoms with Crippen molar-refractivity contribution in [2.45, 2.75) is 24.8 Å². The predicted molar refractivity (Wildman–Crippen MR) is 83.2 cm³/mol. The summed E-state index contributed by atoms with van der Waals surface area (Å²) in [7, 11) is -5.56. The summed E-state index contributed by atoms with van der Waals surface area (Å²) in [5.74, 6) is -0.208. The van der Waals surface area contributed by atoms with Crippen LogP contribution in [0.15, 0.2) is 23.1 Å². The summed E-state index contributed by atoms with van der Waals surface area (Å²) < 4.78 is 48.6. The van der Waals surface area contributed by atoms with E-state index in [1.165, 1.54) is 7.05 Å². The molecule has 21 heavy (non-hydrogen) atoms. The smallest absolute Gasteiger partial charge is 0.243 e. The summed E-state index contributed by atoms with van der Waals surface area (Å²) >= 11 is 0. The van der Waals surface area contributed by atoms with Gasteiger partial charge in [0, 0.05) is 26.4 Å². The topological polar surface area (TPSA) is 97.5 Å². The molecule has 0 radical (unpaired) electrons.